The van der Waals surface area contributed by atoms with E-state index in [-0.39, 0.29) is 10.8 Å². The number of carboxylic acid groups (broad SMARTS) is 1. The summed E-state index contributed by atoms with van der Waals surface area (Å²) in [5, 5.41) is 8.92. The number of hydrogen-bond donors (Lipinski definition) is 1. The van der Waals surface area contributed by atoms with Crippen molar-refractivity contribution in [3.05, 3.63) is 28.5 Å². The Kier molecular flexibility index (Phi) is 3.13. The van der Waals surface area contributed by atoms with Gasteiger partial charge in [0.15, 0.2) is 0 Å². The molecule has 1 aromatic rings. The van der Waals surface area contributed by atoms with Crippen LogP contribution in [0.5, 0.6) is 5.75 Å². The Morgan fingerprint density at radius 3 is 2.74 bits per heavy atom. The van der Waals surface area contributed by atoms with Crippen LogP contribution in [-0.4, -0.2) is 17.7 Å². The summed E-state index contributed by atoms with van der Waals surface area (Å²) in [6.45, 7) is 0.543. The minimum Gasteiger partial charge on any atom is -0.492 e. The first-order valence-electron chi connectivity index (χ1n) is 6.43. The molecular weight excluding hydrogens is 271 g/mol. The highest BCUT2D eigenvalue weighted by molar-refractivity contribution is 6.32. The summed E-state index contributed by atoms with van der Waals surface area (Å²) in [6, 6.07) is 2.16. The fourth-order valence-corrected chi connectivity index (χ4v) is 3.42. The zero-order valence-corrected chi connectivity index (χ0v) is 11.0. The van der Waals surface area contributed by atoms with Crippen LogP contribution in [0.25, 0.3) is 0 Å². The molecule has 1 N–H and O–H groups in total. The maximum Gasteiger partial charge on any atom is 0.338 e. The van der Waals surface area contributed by atoms with E-state index in [1.165, 1.54) is 19.3 Å². The number of carboxylic acids is 1. The van der Waals surface area contributed by atoms with Crippen LogP contribution in [0.2, 0.25) is 5.02 Å². The number of ether oxygens (including phenoxy) is 1. The molecule has 1 aromatic carbocycles. The molecule has 5 heteroatoms. The molecular formula is C14H14ClFO3. The van der Waals surface area contributed by atoms with Gasteiger partial charge < -0.3 is 9.84 Å². The van der Waals surface area contributed by atoms with E-state index in [1.807, 2.05) is 0 Å². The second-order valence-electron chi connectivity index (χ2n) is 5.30. The second kappa shape index (κ2) is 4.67. The molecule has 102 valence electrons. The summed E-state index contributed by atoms with van der Waals surface area (Å²) < 4.78 is 19.1. The maximum atomic E-state index is 13.5. The number of carbonyl (C=O) groups is 1. The first-order chi connectivity index (χ1) is 9.08. The van der Waals surface area contributed by atoms with Crippen LogP contribution >= 0.6 is 11.6 Å². The predicted molar refractivity (Wildman–Crippen MR) is 68.2 cm³/mol. The van der Waals surface area contributed by atoms with Gasteiger partial charge in [-0.05, 0) is 36.7 Å². The van der Waals surface area contributed by atoms with E-state index in [0.29, 0.717) is 12.5 Å². The normalized spacial score (nSPS) is 28.0. The van der Waals surface area contributed by atoms with Crippen molar-refractivity contribution in [3.63, 3.8) is 0 Å². The van der Waals surface area contributed by atoms with Gasteiger partial charge >= 0.3 is 5.97 Å². The number of fused-ring (bicyclic) bond motifs is 1. The summed E-state index contributed by atoms with van der Waals surface area (Å²) >= 11 is 5.91. The monoisotopic (exact) mass is 284 g/mol. The van der Waals surface area contributed by atoms with E-state index < -0.39 is 17.3 Å². The van der Waals surface area contributed by atoms with Crippen LogP contribution in [0.3, 0.4) is 0 Å². The fraction of sp³-hybridized carbons (Fsp3) is 0.500. The Hall–Kier alpha value is -1.29. The molecule has 0 aromatic heterocycles. The minimum absolute atomic E-state index is 0.143. The summed E-state index contributed by atoms with van der Waals surface area (Å²) in [5.74, 6) is 0.176. The standard InChI is InChI=1S/C14H14ClFO3/c15-11-4-9(14(17)18)12(16)5-13(11)19-6-10-7-2-1-3-8(7)10/h4-5,7-8,10H,1-3,6H2,(H,17,18). The number of halogens is 2. The molecule has 0 radical (unpaired) electrons. The molecule has 0 amide bonds. The van der Waals surface area contributed by atoms with Gasteiger partial charge in [-0.15, -0.1) is 0 Å². The van der Waals surface area contributed by atoms with E-state index in [0.717, 1.165) is 24.0 Å². The van der Waals surface area contributed by atoms with Crippen LogP contribution in [0.15, 0.2) is 12.1 Å². The fourth-order valence-electron chi connectivity index (χ4n) is 3.21. The topological polar surface area (TPSA) is 46.5 Å². The van der Waals surface area contributed by atoms with Gasteiger partial charge in [0.05, 0.1) is 17.2 Å². The molecule has 2 fully saturated rings. The van der Waals surface area contributed by atoms with Gasteiger partial charge in [0.2, 0.25) is 0 Å². The highest BCUT2D eigenvalue weighted by atomic mass is 35.5. The molecule has 2 unspecified atom stereocenters. The van der Waals surface area contributed by atoms with E-state index in [9.17, 15) is 9.18 Å². The Bertz CT molecular complexity index is 522. The number of hydrogen-bond acceptors (Lipinski definition) is 2. The summed E-state index contributed by atoms with van der Waals surface area (Å²) in [7, 11) is 0. The number of aromatic carboxylic acids is 1. The summed E-state index contributed by atoms with van der Waals surface area (Å²) in [5.41, 5.74) is -0.430. The smallest absolute Gasteiger partial charge is 0.338 e. The average Bonchev–Trinajstić information content (AvgIpc) is 2.81. The Balaban J connectivity index is 1.68. The molecule has 2 aliphatic carbocycles. The van der Waals surface area contributed by atoms with Crippen molar-refractivity contribution in [2.75, 3.05) is 6.61 Å². The minimum atomic E-state index is -1.33. The molecule has 2 aliphatic rings. The lowest BCUT2D eigenvalue weighted by Crippen LogP contribution is -2.06. The van der Waals surface area contributed by atoms with Gasteiger partial charge in [-0.2, -0.15) is 0 Å². The van der Waals surface area contributed by atoms with Gasteiger partial charge in [0, 0.05) is 6.07 Å². The quantitative estimate of drug-likeness (QED) is 0.919. The first kappa shape index (κ1) is 12.7. The van der Waals surface area contributed by atoms with Crippen molar-refractivity contribution in [1.82, 2.24) is 0 Å². The van der Waals surface area contributed by atoms with E-state index in [4.69, 9.17) is 21.4 Å². The third-order valence-corrected chi connectivity index (χ3v) is 4.56. The molecule has 0 aliphatic heterocycles. The van der Waals surface area contributed by atoms with Gasteiger partial charge in [-0.25, -0.2) is 9.18 Å². The zero-order chi connectivity index (χ0) is 13.6. The molecule has 0 spiro atoms. The summed E-state index contributed by atoms with van der Waals surface area (Å²) in [6.07, 6.45) is 3.83. The average molecular weight is 285 g/mol. The van der Waals surface area contributed by atoms with Crippen molar-refractivity contribution in [2.24, 2.45) is 17.8 Å². The predicted octanol–water partition coefficient (Wildman–Crippen LogP) is 3.60. The van der Waals surface area contributed by atoms with E-state index in [1.54, 1.807) is 0 Å². The lowest BCUT2D eigenvalue weighted by atomic mass is 10.1. The Morgan fingerprint density at radius 2 is 2.11 bits per heavy atom. The van der Waals surface area contributed by atoms with E-state index in [2.05, 4.69) is 0 Å². The third kappa shape index (κ3) is 2.29. The van der Waals surface area contributed by atoms with Crippen LogP contribution in [0, 0.1) is 23.6 Å². The molecule has 19 heavy (non-hydrogen) atoms. The largest absolute Gasteiger partial charge is 0.492 e. The molecule has 3 rings (SSSR count). The van der Waals surface area contributed by atoms with Crippen LogP contribution < -0.4 is 4.74 Å². The molecule has 0 bridgehead atoms. The van der Waals surface area contributed by atoms with Gasteiger partial charge in [0.1, 0.15) is 11.6 Å². The lowest BCUT2D eigenvalue weighted by molar-refractivity contribution is 0.0692. The SMILES string of the molecule is O=C(O)c1cc(Cl)c(OCC2C3CCCC32)cc1F. The third-order valence-electron chi connectivity index (χ3n) is 4.27. The second-order valence-corrected chi connectivity index (χ2v) is 5.71. The highest BCUT2D eigenvalue weighted by Gasteiger charge is 2.52. The highest BCUT2D eigenvalue weighted by Crippen LogP contribution is 2.57. The molecule has 2 saturated carbocycles. The van der Waals surface area contributed by atoms with Crippen LogP contribution in [0.4, 0.5) is 4.39 Å². The van der Waals surface area contributed by atoms with Crippen molar-refractivity contribution in [2.45, 2.75) is 19.3 Å². The van der Waals surface area contributed by atoms with Gasteiger partial charge in [-0.1, -0.05) is 18.0 Å². The molecule has 2 atom stereocenters. The number of rotatable bonds is 4. The van der Waals surface area contributed by atoms with Crippen molar-refractivity contribution in [1.29, 1.82) is 0 Å². The lowest BCUT2D eigenvalue weighted by Gasteiger charge is -2.10. The molecule has 3 nitrogen and oxygen atoms in total. The van der Waals surface area contributed by atoms with Crippen LogP contribution in [-0.2, 0) is 0 Å². The Morgan fingerprint density at radius 1 is 1.42 bits per heavy atom. The van der Waals surface area contributed by atoms with Crippen molar-refractivity contribution in [3.8, 4) is 5.75 Å². The van der Waals surface area contributed by atoms with Crippen molar-refractivity contribution >= 4 is 17.6 Å². The van der Waals surface area contributed by atoms with Gasteiger partial charge in [-0.3, -0.25) is 0 Å². The number of benzene rings is 1. The van der Waals surface area contributed by atoms with Gasteiger partial charge in [0.25, 0.3) is 0 Å². The van der Waals surface area contributed by atoms with E-state index >= 15 is 0 Å². The first-order valence-corrected chi connectivity index (χ1v) is 6.81. The summed E-state index contributed by atoms with van der Waals surface area (Å²) in [4.78, 5) is 10.8. The molecule has 0 saturated heterocycles. The Labute approximate surface area is 115 Å². The molecule has 0 heterocycles. The maximum absolute atomic E-state index is 13.5. The van der Waals surface area contributed by atoms with Crippen molar-refractivity contribution < 1.29 is 19.0 Å². The van der Waals surface area contributed by atoms with Crippen LogP contribution in [0.1, 0.15) is 29.6 Å². The zero-order valence-electron chi connectivity index (χ0n) is 10.2.